The maximum absolute atomic E-state index is 12.5. The summed E-state index contributed by atoms with van der Waals surface area (Å²) in [5.74, 6) is -3.19. The van der Waals surface area contributed by atoms with Crippen LogP contribution in [0.5, 0.6) is 0 Å². The fourth-order valence-corrected chi connectivity index (χ4v) is 3.63. The van der Waals surface area contributed by atoms with Crippen molar-refractivity contribution >= 4 is 30.0 Å². The zero-order valence-electron chi connectivity index (χ0n) is 19.6. The lowest BCUT2D eigenvalue weighted by Gasteiger charge is -2.43. The molecule has 0 N–H and O–H groups in total. The second kappa shape index (κ2) is 10.9. The fourth-order valence-electron chi connectivity index (χ4n) is 3.63. The fraction of sp³-hybridized carbons (Fsp3) is 0.391. The first-order valence-electron chi connectivity index (χ1n) is 10.5. The minimum Gasteiger partial charge on any atom is -0.467 e. The quantitative estimate of drug-likeness (QED) is 0.413. The molecule has 5 unspecified atom stereocenters. The van der Waals surface area contributed by atoms with E-state index in [1.54, 1.807) is 6.08 Å². The Morgan fingerprint density at radius 1 is 0.943 bits per heavy atom. The number of methoxy groups -OCH3 is 1. The summed E-state index contributed by atoms with van der Waals surface area (Å²) in [6.07, 6.45) is -3.82. The second-order valence-electron chi connectivity index (χ2n) is 7.60. The van der Waals surface area contributed by atoms with Gasteiger partial charge in [-0.1, -0.05) is 42.1 Å². The molecule has 1 aromatic carbocycles. The van der Waals surface area contributed by atoms with E-state index in [0.717, 1.165) is 39.0 Å². The predicted octanol–water partition coefficient (Wildman–Crippen LogP) is 1.45. The lowest BCUT2D eigenvalue weighted by atomic mass is 9.96. The zero-order valence-corrected chi connectivity index (χ0v) is 19.6. The van der Waals surface area contributed by atoms with Crippen molar-refractivity contribution in [2.75, 3.05) is 7.11 Å². The highest BCUT2D eigenvalue weighted by Crippen LogP contribution is 2.35. The first-order chi connectivity index (χ1) is 16.6. The molecule has 0 amide bonds. The van der Waals surface area contributed by atoms with Gasteiger partial charge in [0.05, 0.1) is 13.3 Å². The molecule has 1 fully saturated rings. The predicted molar refractivity (Wildman–Crippen MR) is 118 cm³/mol. The monoisotopic (exact) mass is 487 g/mol. The Morgan fingerprint density at radius 3 is 2.06 bits per heavy atom. The third-order valence-corrected chi connectivity index (χ3v) is 5.07. The summed E-state index contributed by atoms with van der Waals surface area (Å²) in [5.41, 5.74) is 2.08. The molecule has 35 heavy (non-hydrogen) atoms. The minimum absolute atomic E-state index is 0.451. The Bertz CT molecular complexity index is 1110. The number of rotatable bonds is 7. The molecule has 1 saturated heterocycles. The Morgan fingerprint density at radius 2 is 1.51 bits per heavy atom. The number of carbonyl (C=O) groups excluding carboxylic acids is 4. The molecule has 12 nitrogen and oxygen atoms in total. The summed E-state index contributed by atoms with van der Waals surface area (Å²) in [5, 5.41) is 8.20. The summed E-state index contributed by atoms with van der Waals surface area (Å²) in [4.78, 5) is 48.2. The standard InChI is InChI=1S/C23H25N3O9/c1-6-15-7-9-16(10-8-15)17-11-26(25-24-17)22-20(34-14(4)29)18(32-12(2)27)19(33-13(3)28)21(35-22)23(30)31-5/h6-11,18-22H,1H2,2-5H3. The van der Waals surface area contributed by atoms with Gasteiger partial charge in [0.2, 0.25) is 0 Å². The Hall–Kier alpha value is -4.06. The van der Waals surface area contributed by atoms with Gasteiger partial charge in [0.1, 0.15) is 5.69 Å². The average Bonchev–Trinajstić information content (AvgIpc) is 3.30. The minimum atomic E-state index is -1.52. The van der Waals surface area contributed by atoms with Gasteiger partial charge in [-0.25, -0.2) is 9.48 Å². The van der Waals surface area contributed by atoms with Gasteiger partial charge in [-0.15, -0.1) is 5.10 Å². The van der Waals surface area contributed by atoms with Crippen molar-refractivity contribution in [2.24, 2.45) is 0 Å². The van der Waals surface area contributed by atoms with Gasteiger partial charge in [0, 0.05) is 26.3 Å². The van der Waals surface area contributed by atoms with E-state index in [-0.39, 0.29) is 0 Å². The molecule has 1 aliphatic rings. The molecular formula is C23H25N3O9. The molecule has 0 spiro atoms. The van der Waals surface area contributed by atoms with Gasteiger partial charge in [-0.3, -0.25) is 14.4 Å². The van der Waals surface area contributed by atoms with Crippen LogP contribution in [0.15, 0.2) is 37.0 Å². The summed E-state index contributed by atoms with van der Waals surface area (Å²) in [6, 6.07) is 7.31. The van der Waals surface area contributed by atoms with Gasteiger partial charge in [0.25, 0.3) is 0 Å². The molecule has 0 bridgehead atoms. The number of aromatic nitrogens is 3. The molecule has 186 valence electrons. The van der Waals surface area contributed by atoms with Gasteiger partial charge in [0.15, 0.2) is 30.6 Å². The lowest BCUT2D eigenvalue weighted by molar-refractivity contribution is -0.265. The molecule has 3 rings (SSSR count). The maximum Gasteiger partial charge on any atom is 0.339 e. The van der Waals surface area contributed by atoms with E-state index in [1.807, 2.05) is 24.3 Å². The molecule has 0 radical (unpaired) electrons. The molecule has 0 aliphatic carbocycles. The second-order valence-corrected chi connectivity index (χ2v) is 7.60. The van der Waals surface area contributed by atoms with Crippen LogP contribution >= 0.6 is 0 Å². The van der Waals surface area contributed by atoms with Crippen molar-refractivity contribution in [2.45, 2.75) is 51.4 Å². The van der Waals surface area contributed by atoms with E-state index in [0.29, 0.717) is 5.69 Å². The summed E-state index contributed by atoms with van der Waals surface area (Å²) in [7, 11) is 1.12. The van der Waals surface area contributed by atoms with Crippen LogP contribution < -0.4 is 0 Å². The molecular weight excluding hydrogens is 462 g/mol. The number of ether oxygens (including phenoxy) is 5. The van der Waals surface area contributed by atoms with Gasteiger partial charge in [-0.2, -0.15) is 0 Å². The Labute approximate surface area is 200 Å². The zero-order chi connectivity index (χ0) is 25.7. The van der Waals surface area contributed by atoms with Crippen LogP contribution in [0, 0.1) is 0 Å². The molecule has 1 aliphatic heterocycles. The van der Waals surface area contributed by atoms with Crippen LogP contribution in [0.25, 0.3) is 17.3 Å². The van der Waals surface area contributed by atoms with Crippen LogP contribution in [0.2, 0.25) is 0 Å². The van der Waals surface area contributed by atoms with Crippen molar-refractivity contribution in [1.29, 1.82) is 0 Å². The lowest BCUT2D eigenvalue weighted by Crippen LogP contribution is -2.61. The topological polar surface area (TPSA) is 145 Å². The van der Waals surface area contributed by atoms with Crippen molar-refractivity contribution in [3.8, 4) is 11.3 Å². The van der Waals surface area contributed by atoms with E-state index >= 15 is 0 Å². The molecule has 1 aromatic heterocycles. The largest absolute Gasteiger partial charge is 0.467 e. The number of esters is 4. The maximum atomic E-state index is 12.5. The van der Waals surface area contributed by atoms with E-state index < -0.39 is 54.5 Å². The van der Waals surface area contributed by atoms with E-state index in [9.17, 15) is 19.2 Å². The van der Waals surface area contributed by atoms with Crippen LogP contribution in [0.4, 0.5) is 0 Å². The van der Waals surface area contributed by atoms with Crippen molar-refractivity contribution in [1.82, 2.24) is 15.0 Å². The molecule has 5 atom stereocenters. The number of hydrogen-bond donors (Lipinski definition) is 0. The van der Waals surface area contributed by atoms with Gasteiger partial charge in [-0.05, 0) is 5.56 Å². The normalized spacial score (nSPS) is 23.6. The van der Waals surface area contributed by atoms with Crippen LogP contribution in [-0.2, 0) is 42.9 Å². The van der Waals surface area contributed by atoms with E-state index in [2.05, 4.69) is 16.9 Å². The molecule has 0 saturated carbocycles. The average molecular weight is 487 g/mol. The van der Waals surface area contributed by atoms with Crippen LogP contribution in [0.1, 0.15) is 32.6 Å². The van der Waals surface area contributed by atoms with E-state index in [1.165, 1.54) is 10.9 Å². The van der Waals surface area contributed by atoms with E-state index in [4.69, 9.17) is 23.7 Å². The number of hydrogen-bond acceptors (Lipinski definition) is 11. The third-order valence-electron chi connectivity index (χ3n) is 5.07. The Balaban J connectivity index is 2.06. The highest BCUT2D eigenvalue weighted by Gasteiger charge is 2.55. The number of nitrogens with zero attached hydrogens (tertiary/aromatic N) is 3. The first-order valence-corrected chi connectivity index (χ1v) is 10.5. The molecule has 2 heterocycles. The van der Waals surface area contributed by atoms with Crippen molar-refractivity contribution in [3.05, 3.63) is 42.6 Å². The summed E-state index contributed by atoms with van der Waals surface area (Å²) < 4.78 is 27.9. The van der Waals surface area contributed by atoms with Crippen molar-refractivity contribution in [3.63, 3.8) is 0 Å². The Kier molecular flexibility index (Phi) is 7.97. The van der Waals surface area contributed by atoms with Crippen LogP contribution in [-0.4, -0.2) is 70.4 Å². The first kappa shape index (κ1) is 25.6. The highest BCUT2D eigenvalue weighted by atomic mass is 16.7. The number of benzene rings is 1. The molecule has 2 aromatic rings. The SMILES string of the molecule is C=Cc1ccc(-c2cn(C3OC(C(=O)OC)C(OC(C)=O)C(OC(C)=O)C3OC(C)=O)nn2)cc1. The van der Waals surface area contributed by atoms with Crippen LogP contribution in [0.3, 0.4) is 0 Å². The van der Waals surface area contributed by atoms with Gasteiger partial charge < -0.3 is 23.7 Å². The highest BCUT2D eigenvalue weighted by molar-refractivity contribution is 5.77. The third kappa shape index (κ3) is 5.90. The summed E-state index contributed by atoms with van der Waals surface area (Å²) >= 11 is 0. The number of carbonyl (C=O) groups is 4. The summed E-state index contributed by atoms with van der Waals surface area (Å²) in [6.45, 7) is 7.08. The van der Waals surface area contributed by atoms with Gasteiger partial charge >= 0.3 is 23.9 Å². The van der Waals surface area contributed by atoms with Crippen molar-refractivity contribution < 1.29 is 42.9 Å². The smallest absolute Gasteiger partial charge is 0.339 e. The molecule has 12 heteroatoms.